The summed E-state index contributed by atoms with van der Waals surface area (Å²) < 4.78 is 0. The molecular formula is C31H28N8O. The maximum absolute atomic E-state index is 12.6. The van der Waals surface area contributed by atoms with Gasteiger partial charge < -0.3 is 15.2 Å². The molecule has 6 heterocycles. The van der Waals surface area contributed by atoms with Crippen LogP contribution in [0.3, 0.4) is 0 Å². The van der Waals surface area contributed by atoms with Crippen molar-refractivity contribution in [3.63, 3.8) is 0 Å². The number of carbonyl (C=O) groups is 1. The van der Waals surface area contributed by atoms with Crippen LogP contribution in [0.5, 0.6) is 0 Å². The lowest BCUT2D eigenvalue weighted by Crippen LogP contribution is -2.30. The van der Waals surface area contributed by atoms with E-state index in [1.54, 1.807) is 12.4 Å². The summed E-state index contributed by atoms with van der Waals surface area (Å²) in [5.74, 6) is 0.924. The number of fused-ring (bicyclic) bond motifs is 2. The fraction of sp³-hybridized carbons (Fsp3) is 0.194. The summed E-state index contributed by atoms with van der Waals surface area (Å²) in [6.07, 6.45) is 9.22. The van der Waals surface area contributed by atoms with E-state index in [1.165, 1.54) is 19.3 Å². The van der Waals surface area contributed by atoms with Gasteiger partial charge in [0.1, 0.15) is 17.0 Å². The second-order valence-electron chi connectivity index (χ2n) is 10.2. The number of benzene rings is 1. The minimum atomic E-state index is -0.0945. The third kappa shape index (κ3) is 4.66. The largest absolute Gasteiger partial charge is 0.356 e. The smallest absolute Gasteiger partial charge is 0.228 e. The van der Waals surface area contributed by atoms with Gasteiger partial charge in [0.05, 0.1) is 40.7 Å². The van der Waals surface area contributed by atoms with Crippen molar-refractivity contribution < 1.29 is 4.79 Å². The monoisotopic (exact) mass is 528 g/mol. The summed E-state index contributed by atoms with van der Waals surface area (Å²) in [4.78, 5) is 32.5. The van der Waals surface area contributed by atoms with Gasteiger partial charge in [0.2, 0.25) is 5.91 Å². The normalized spacial score (nSPS) is 13.7. The lowest BCUT2D eigenvalue weighted by Gasteiger charge is -2.28. The Labute approximate surface area is 230 Å². The minimum absolute atomic E-state index is 0.0945. The van der Waals surface area contributed by atoms with Crippen LogP contribution in [0.1, 0.15) is 24.8 Å². The van der Waals surface area contributed by atoms with Crippen LogP contribution < -0.4 is 10.2 Å². The third-order valence-corrected chi connectivity index (χ3v) is 7.37. The lowest BCUT2D eigenvalue weighted by molar-refractivity contribution is -0.115. The van der Waals surface area contributed by atoms with E-state index >= 15 is 0 Å². The summed E-state index contributed by atoms with van der Waals surface area (Å²) >= 11 is 0. The number of H-pyrrole nitrogens is 2. The molecule has 0 unspecified atom stereocenters. The van der Waals surface area contributed by atoms with E-state index in [1.807, 2.05) is 60.8 Å². The molecular weight excluding hydrogens is 500 g/mol. The van der Waals surface area contributed by atoms with E-state index in [9.17, 15) is 4.79 Å². The van der Waals surface area contributed by atoms with E-state index in [4.69, 9.17) is 9.97 Å². The van der Waals surface area contributed by atoms with E-state index in [0.717, 1.165) is 69.1 Å². The van der Waals surface area contributed by atoms with Crippen molar-refractivity contribution in [2.24, 2.45) is 0 Å². The Bertz CT molecular complexity index is 1820. The Hall–Kier alpha value is -5.05. The van der Waals surface area contributed by atoms with Gasteiger partial charge in [-0.1, -0.05) is 30.3 Å². The Morgan fingerprint density at radius 3 is 2.70 bits per heavy atom. The molecule has 1 fully saturated rings. The molecule has 0 saturated carbocycles. The number of hydrogen-bond acceptors (Lipinski definition) is 6. The van der Waals surface area contributed by atoms with Gasteiger partial charge in [0.15, 0.2) is 0 Å². The molecule has 0 atom stereocenters. The van der Waals surface area contributed by atoms with Gasteiger partial charge in [-0.25, -0.2) is 9.97 Å². The standard InChI is InChI=1S/C31H28N8O/c40-28(15-20-7-3-1-4-8-20)34-22-16-21(18-32-19-22)24-9-10-26-29(36-24)30(38-37-26)27-17-23-25(35-27)11-12-33-31(23)39-13-5-2-6-14-39/h1,3-4,7-12,16-19,35H,2,5-6,13-15H2,(H,34,40)(H,37,38). The first-order valence-corrected chi connectivity index (χ1v) is 13.6. The van der Waals surface area contributed by atoms with Crippen molar-refractivity contribution in [1.29, 1.82) is 0 Å². The molecule has 1 amide bonds. The average Bonchev–Trinajstić information content (AvgIpc) is 3.62. The van der Waals surface area contributed by atoms with Crippen LogP contribution in [0.15, 0.2) is 79.3 Å². The van der Waals surface area contributed by atoms with Crippen molar-refractivity contribution in [2.75, 3.05) is 23.3 Å². The van der Waals surface area contributed by atoms with E-state index in [2.05, 4.69) is 36.4 Å². The van der Waals surface area contributed by atoms with Gasteiger partial charge in [-0.15, -0.1) is 0 Å². The fourth-order valence-electron chi connectivity index (χ4n) is 5.41. The molecule has 1 aromatic carbocycles. The molecule has 40 heavy (non-hydrogen) atoms. The van der Waals surface area contributed by atoms with Crippen LogP contribution >= 0.6 is 0 Å². The molecule has 1 aliphatic rings. The van der Waals surface area contributed by atoms with Gasteiger partial charge in [-0.05, 0) is 55.2 Å². The summed E-state index contributed by atoms with van der Waals surface area (Å²) in [5.41, 5.74) is 7.40. The maximum atomic E-state index is 12.6. The lowest BCUT2D eigenvalue weighted by atomic mass is 10.1. The van der Waals surface area contributed by atoms with Crippen molar-refractivity contribution in [3.8, 4) is 22.6 Å². The number of piperidine rings is 1. The van der Waals surface area contributed by atoms with E-state index < -0.39 is 0 Å². The number of aromatic nitrogens is 6. The second kappa shape index (κ2) is 10.3. The molecule has 3 N–H and O–H groups in total. The zero-order valence-electron chi connectivity index (χ0n) is 21.9. The van der Waals surface area contributed by atoms with Gasteiger partial charge in [0.25, 0.3) is 0 Å². The quantitative estimate of drug-likeness (QED) is 0.254. The topological polar surface area (TPSA) is 115 Å². The van der Waals surface area contributed by atoms with E-state index in [-0.39, 0.29) is 5.91 Å². The van der Waals surface area contributed by atoms with Gasteiger partial charge >= 0.3 is 0 Å². The molecule has 0 aliphatic carbocycles. The third-order valence-electron chi connectivity index (χ3n) is 7.37. The second-order valence-corrected chi connectivity index (χ2v) is 10.2. The molecule has 0 spiro atoms. The number of carbonyl (C=O) groups excluding carboxylic acids is 1. The molecule has 198 valence electrons. The fourth-order valence-corrected chi connectivity index (χ4v) is 5.41. The van der Waals surface area contributed by atoms with Crippen molar-refractivity contribution in [1.82, 2.24) is 30.1 Å². The minimum Gasteiger partial charge on any atom is -0.356 e. The summed E-state index contributed by atoms with van der Waals surface area (Å²) in [7, 11) is 0. The number of aromatic amines is 2. The Morgan fingerprint density at radius 1 is 0.950 bits per heavy atom. The molecule has 1 saturated heterocycles. The molecule has 7 rings (SSSR count). The number of hydrogen-bond donors (Lipinski definition) is 3. The Morgan fingerprint density at radius 2 is 1.82 bits per heavy atom. The first kappa shape index (κ1) is 24.0. The molecule has 9 nitrogen and oxygen atoms in total. The Balaban J connectivity index is 1.19. The Kier molecular flexibility index (Phi) is 6.16. The summed E-state index contributed by atoms with van der Waals surface area (Å²) in [6, 6.07) is 19.6. The van der Waals surface area contributed by atoms with E-state index in [0.29, 0.717) is 12.1 Å². The zero-order valence-corrected chi connectivity index (χ0v) is 21.9. The number of pyridine rings is 3. The highest BCUT2D eigenvalue weighted by Gasteiger charge is 2.19. The van der Waals surface area contributed by atoms with Crippen molar-refractivity contribution >= 4 is 39.3 Å². The van der Waals surface area contributed by atoms with Gasteiger partial charge in [0, 0.05) is 36.4 Å². The van der Waals surface area contributed by atoms with Gasteiger partial charge in [-0.2, -0.15) is 5.10 Å². The molecule has 5 aromatic heterocycles. The summed E-state index contributed by atoms with van der Waals surface area (Å²) in [6.45, 7) is 2.06. The number of anilines is 2. The molecule has 9 heteroatoms. The van der Waals surface area contributed by atoms with Crippen molar-refractivity contribution in [3.05, 3.63) is 84.8 Å². The van der Waals surface area contributed by atoms with Crippen molar-refractivity contribution in [2.45, 2.75) is 25.7 Å². The van der Waals surface area contributed by atoms with Crippen LogP contribution in [0.25, 0.3) is 44.6 Å². The number of nitrogens with one attached hydrogen (secondary N) is 3. The predicted octanol–water partition coefficient (Wildman–Crippen LogP) is 5.73. The molecule has 0 radical (unpaired) electrons. The number of amides is 1. The van der Waals surface area contributed by atoms with Gasteiger partial charge in [-0.3, -0.25) is 14.9 Å². The van der Waals surface area contributed by atoms with Crippen LogP contribution in [-0.2, 0) is 11.2 Å². The molecule has 1 aliphatic heterocycles. The SMILES string of the molecule is O=C(Cc1ccccc1)Nc1cncc(-c2ccc3[nH]nc(-c4cc5c(N6CCCCC6)nccc5[nH]4)c3n2)c1. The summed E-state index contributed by atoms with van der Waals surface area (Å²) in [5, 5.41) is 11.8. The van der Waals surface area contributed by atoms with Crippen LogP contribution in [0.4, 0.5) is 11.5 Å². The zero-order chi connectivity index (χ0) is 26.9. The number of nitrogens with zero attached hydrogens (tertiary/aromatic N) is 5. The van der Waals surface area contributed by atoms with Crippen LogP contribution in [-0.4, -0.2) is 49.1 Å². The highest BCUT2D eigenvalue weighted by atomic mass is 16.1. The maximum Gasteiger partial charge on any atom is 0.228 e. The average molecular weight is 529 g/mol. The van der Waals surface area contributed by atoms with Crippen LogP contribution in [0, 0.1) is 0 Å². The molecule has 0 bridgehead atoms. The first-order chi connectivity index (χ1) is 19.7. The highest BCUT2D eigenvalue weighted by Crippen LogP contribution is 2.33. The van der Waals surface area contributed by atoms with Crippen LogP contribution in [0.2, 0.25) is 0 Å². The predicted molar refractivity (Wildman–Crippen MR) is 157 cm³/mol. The number of rotatable bonds is 6. The molecule has 6 aromatic rings. The first-order valence-electron chi connectivity index (χ1n) is 13.6. The highest BCUT2D eigenvalue weighted by molar-refractivity contribution is 5.98.